The molecule has 4 rings (SSSR count). The molecule has 8 heteroatoms. The minimum absolute atomic E-state index is 0.0525. The second-order valence-electron chi connectivity index (χ2n) is 7.93. The maximum atomic E-state index is 13.0. The summed E-state index contributed by atoms with van der Waals surface area (Å²) < 4.78 is 5.38. The highest BCUT2D eigenvalue weighted by Crippen LogP contribution is 2.31. The second kappa shape index (κ2) is 8.14. The number of piperidine rings is 1. The van der Waals surface area contributed by atoms with E-state index in [9.17, 15) is 9.59 Å². The van der Waals surface area contributed by atoms with E-state index >= 15 is 0 Å². The molecule has 1 saturated carbocycles. The van der Waals surface area contributed by atoms with Crippen molar-refractivity contribution in [2.45, 2.75) is 56.5 Å². The zero-order valence-corrected chi connectivity index (χ0v) is 16.4. The van der Waals surface area contributed by atoms with Gasteiger partial charge in [0.1, 0.15) is 5.54 Å². The van der Waals surface area contributed by atoms with Crippen LogP contribution < -0.4 is 10.6 Å². The molecule has 7 nitrogen and oxygen atoms in total. The standard InChI is InChI=1S/C19H28N4O3S/c24-16(13-14-3-10-26-11-4-14)23-8-5-19(6-9-23,17(25)21-15-1-2-15)22-18-20-7-12-27-18/h7,12,14-15H,1-6,8-11,13H2,(H,20,22)(H,21,25). The smallest absolute Gasteiger partial charge is 0.246 e. The van der Waals surface area contributed by atoms with Gasteiger partial charge in [-0.2, -0.15) is 0 Å². The maximum Gasteiger partial charge on any atom is 0.246 e. The first-order chi connectivity index (χ1) is 13.1. The number of rotatable bonds is 6. The van der Waals surface area contributed by atoms with Gasteiger partial charge in [-0.15, -0.1) is 11.3 Å². The Morgan fingerprint density at radius 1 is 1.22 bits per heavy atom. The monoisotopic (exact) mass is 392 g/mol. The van der Waals surface area contributed by atoms with Gasteiger partial charge in [0, 0.05) is 50.3 Å². The predicted molar refractivity (Wildman–Crippen MR) is 104 cm³/mol. The van der Waals surface area contributed by atoms with Crippen molar-refractivity contribution >= 4 is 28.3 Å². The van der Waals surface area contributed by atoms with Gasteiger partial charge < -0.3 is 20.3 Å². The van der Waals surface area contributed by atoms with Crippen LogP contribution in [0.3, 0.4) is 0 Å². The number of hydrogen-bond donors (Lipinski definition) is 2. The first-order valence-corrected chi connectivity index (χ1v) is 10.9. The summed E-state index contributed by atoms with van der Waals surface area (Å²) in [6.07, 6.45) is 7.65. The van der Waals surface area contributed by atoms with E-state index in [4.69, 9.17) is 4.74 Å². The van der Waals surface area contributed by atoms with E-state index in [-0.39, 0.29) is 11.8 Å². The highest BCUT2D eigenvalue weighted by Gasteiger charge is 2.44. The minimum atomic E-state index is -0.671. The maximum absolute atomic E-state index is 13.0. The van der Waals surface area contributed by atoms with Crippen molar-refractivity contribution in [3.63, 3.8) is 0 Å². The SMILES string of the molecule is O=C(CC1CCOCC1)N1CCC(Nc2nccs2)(C(=O)NC2CC2)CC1. The molecule has 0 aromatic carbocycles. The highest BCUT2D eigenvalue weighted by atomic mass is 32.1. The molecule has 1 aromatic heterocycles. The first kappa shape index (κ1) is 18.7. The molecule has 3 fully saturated rings. The largest absolute Gasteiger partial charge is 0.381 e. The molecule has 2 amide bonds. The quantitative estimate of drug-likeness (QED) is 0.774. The van der Waals surface area contributed by atoms with E-state index < -0.39 is 5.54 Å². The van der Waals surface area contributed by atoms with Gasteiger partial charge in [0.05, 0.1) is 0 Å². The van der Waals surface area contributed by atoms with Gasteiger partial charge in [-0.3, -0.25) is 9.59 Å². The summed E-state index contributed by atoms with van der Waals surface area (Å²) >= 11 is 1.50. The van der Waals surface area contributed by atoms with E-state index in [1.807, 2.05) is 10.3 Å². The van der Waals surface area contributed by atoms with Crippen LogP contribution in [0.25, 0.3) is 0 Å². The Hall–Kier alpha value is -1.67. The number of nitrogens with one attached hydrogen (secondary N) is 2. The number of likely N-dealkylation sites (tertiary alicyclic amines) is 1. The molecule has 0 atom stereocenters. The third kappa shape index (κ3) is 4.60. The lowest BCUT2D eigenvalue weighted by molar-refractivity contribution is -0.137. The van der Waals surface area contributed by atoms with Crippen molar-refractivity contribution in [2.75, 3.05) is 31.6 Å². The van der Waals surface area contributed by atoms with E-state index in [0.717, 1.165) is 44.0 Å². The van der Waals surface area contributed by atoms with Gasteiger partial charge >= 0.3 is 0 Å². The molecule has 0 radical (unpaired) electrons. The Balaban J connectivity index is 1.37. The summed E-state index contributed by atoms with van der Waals surface area (Å²) in [7, 11) is 0. The molecule has 3 heterocycles. The van der Waals surface area contributed by atoms with Crippen molar-refractivity contribution < 1.29 is 14.3 Å². The molecule has 0 bridgehead atoms. The van der Waals surface area contributed by atoms with Crippen LogP contribution in [0.1, 0.15) is 44.9 Å². The average molecular weight is 393 g/mol. The number of ether oxygens (including phenoxy) is 1. The zero-order valence-electron chi connectivity index (χ0n) is 15.6. The van der Waals surface area contributed by atoms with Gasteiger partial charge in [0.25, 0.3) is 0 Å². The molecule has 2 N–H and O–H groups in total. The summed E-state index contributed by atoms with van der Waals surface area (Å²) in [5, 5.41) is 9.20. The Kier molecular flexibility index (Phi) is 5.63. The second-order valence-corrected chi connectivity index (χ2v) is 8.83. The zero-order chi connectivity index (χ0) is 18.7. The van der Waals surface area contributed by atoms with Crippen LogP contribution in [0.4, 0.5) is 5.13 Å². The third-order valence-electron chi connectivity index (χ3n) is 5.90. The number of carbonyl (C=O) groups is 2. The first-order valence-electron chi connectivity index (χ1n) is 9.99. The van der Waals surface area contributed by atoms with Crippen molar-refractivity contribution in [1.82, 2.24) is 15.2 Å². The van der Waals surface area contributed by atoms with Gasteiger partial charge in [-0.25, -0.2) is 4.98 Å². The molecular formula is C19H28N4O3S. The van der Waals surface area contributed by atoms with Crippen LogP contribution in [0.5, 0.6) is 0 Å². The van der Waals surface area contributed by atoms with E-state index in [1.54, 1.807) is 6.20 Å². The lowest BCUT2D eigenvalue weighted by atomic mass is 9.86. The Labute approximate surface area is 163 Å². The molecule has 2 aliphatic heterocycles. The summed E-state index contributed by atoms with van der Waals surface area (Å²) in [6, 6.07) is 0.320. The topological polar surface area (TPSA) is 83.6 Å². The fourth-order valence-corrected chi connectivity index (χ4v) is 4.54. The minimum Gasteiger partial charge on any atom is -0.381 e. The Bertz CT molecular complexity index is 648. The third-order valence-corrected chi connectivity index (χ3v) is 6.59. The lowest BCUT2D eigenvalue weighted by Crippen LogP contribution is -2.59. The van der Waals surface area contributed by atoms with Crippen molar-refractivity contribution in [1.29, 1.82) is 0 Å². The van der Waals surface area contributed by atoms with Crippen LogP contribution in [-0.2, 0) is 14.3 Å². The molecule has 0 spiro atoms. The predicted octanol–water partition coefficient (Wildman–Crippen LogP) is 2.01. The molecule has 0 unspecified atom stereocenters. The summed E-state index contributed by atoms with van der Waals surface area (Å²) in [6.45, 7) is 2.75. The summed E-state index contributed by atoms with van der Waals surface area (Å²) in [5.41, 5.74) is -0.671. The molecule has 1 aliphatic carbocycles. The summed E-state index contributed by atoms with van der Waals surface area (Å²) in [5.74, 6) is 0.702. The number of anilines is 1. The molecule has 148 valence electrons. The fraction of sp³-hybridized carbons (Fsp3) is 0.737. The number of thiazole rings is 1. The van der Waals surface area contributed by atoms with Crippen LogP contribution in [0.2, 0.25) is 0 Å². The molecule has 2 saturated heterocycles. The summed E-state index contributed by atoms with van der Waals surface area (Å²) in [4.78, 5) is 31.9. The normalized spacial score (nSPS) is 23.0. The van der Waals surface area contributed by atoms with Crippen molar-refractivity contribution in [3.05, 3.63) is 11.6 Å². The van der Waals surface area contributed by atoms with E-state index in [2.05, 4.69) is 15.6 Å². The van der Waals surface area contributed by atoms with Crippen LogP contribution >= 0.6 is 11.3 Å². The van der Waals surface area contributed by atoms with Crippen LogP contribution in [0.15, 0.2) is 11.6 Å². The molecular weight excluding hydrogens is 364 g/mol. The highest BCUT2D eigenvalue weighted by molar-refractivity contribution is 7.13. The van der Waals surface area contributed by atoms with Crippen LogP contribution in [-0.4, -0.2) is 59.6 Å². The number of carbonyl (C=O) groups excluding carboxylic acids is 2. The number of nitrogens with zero attached hydrogens (tertiary/aromatic N) is 2. The Morgan fingerprint density at radius 2 is 1.96 bits per heavy atom. The Morgan fingerprint density at radius 3 is 2.59 bits per heavy atom. The van der Waals surface area contributed by atoms with E-state index in [1.165, 1.54) is 11.3 Å². The molecule has 27 heavy (non-hydrogen) atoms. The van der Waals surface area contributed by atoms with Crippen molar-refractivity contribution in [3.8, 4) is 0 Å². The molecule has 1 aromatic rings. The molecule has 3 aliphatic rings. The van der Waals surface area contributed by atoms with Crippen molar-refractivity contribution in [2.24, 2.45) is 5.92 Å². The number of aromatic nitrogens is 1. The van der Waals surface area contributed by atoms with Gasteiger partial charge in [0.2, 0.25) is 11.8 Å². The van der Waals surface area contributed by atoms with Crippen LogP contribution in [0, 0.1) is 5.92 Å². The average Bonchev–Trinajstić information content (AvgIpc) is 3.36. The van der Waals surface area contributed by atoms with Gasteiger partial charge in [-0.1, -0.05) is 0 Å². The number of amides is 2. The van der Waals surface area contributed by atoms with Gasteiger partial charge in [-0.05, 0) is 44.4 Å². The van der Waals surface area contributed by atoms with Gasteiger partial charge in [0.15, 0.2) is 5.13 Å². The van der Waals surface area contributed by atoms with E-state index in [0.29, 0.717) is 44.3 Å². The fourth-order valence-electron chi connectivity index (χ4n) is 3.91. The number of hydrogen-bond acceptors (Lipinski definition) is 6. The lowest BCUT2D eigenvalue weighted by Gasteiger charge is -2.41.